The number of benzene rings is 1. The zero-order chi connectivity index (χ0) is 16.9. The summed E-state index contributed by atoms with van der Waals surface area (Å²) in [5.41, 5.74) is 7.15. The van der Waals surface area contributed by atoms with Gasteiger partial charge in [0.1, 0.15) is 0 Å². The molecule has 0 aliphatic carbocycles. The first kappa shape index (κ1) is 19.5. The summed E-state index contributed by atoms with van der Waals surface area (Å²) in [6.07, 6.45) is 6.02. The molecule has 3 rings (SSSR count). The SMILES string of the molecule is CC1CCCN(C(=O)c2ccn(-c3ccccc3)n2)C1CCCN.Cl. The quantitative estimate of drug-likeness (QED) is 0.887. The average molecular weight is 363 g/mol. The number of amides is 1. The molecule has 1 aromatic carbocycles. The Morgan fingerprint density at radius 3 is 2.76 bits per heavy atom. The van der Waals surface area contributed by atoms with E-state index in [1.54, 1.807) is 4.68 Å². The first-order chi connectivity index (χ1) is 11.7. The van der Waals surface area contributed by atoms with E-state index >= 15 is 0 Å². The Morgan fingerprint density at radius 2 is 2.04 bits per heavy atom. The van der Waals surface area contributed by atoms with Crippen LogP contribution in [0.1, 0.15) is 43.1 Å². The first-order valence-corrected chi connectivity index (χ1v) is 8.83. The molecule has 136 valence electrons. The third-order valence-corrected chi connectivity index (χ3v) is 4.91. The van der Waals surface area contributed by atoms with Gasteiger partial charge in [0.2, 0.25) is 0 Å². The maximum absolute atomic E-state index is 13.0. The minimum atomic E-state index is 0. The molecule has 5 nitrogen and oxygen atoms in total. The van der Waals surface area contributed by atoms with Crippen molar-refractivity contribution in [1.82, 2.24) is 14.7 Å². The lowest BCUT2D eigenvalue weighted by molar-refractivity contribution is 0.0490. The van der Waals surface area contributed by atoms with Crippen LogP contribution in [0.25, 0.3) is 5.69 Å². The van der Waals surface area contributed by atoms with Gasteiger partial charge in [-0.1, -0.05) is 25.1 Å². The molecule has 2 atom stereocenters. The Kier molecular flexibility index (Phi) is 7.02. The van der Waals surface area contributed by atoms with Crippen molar-refractivity contribution in [3.05, 3.63) is 48.3 Å². The van der Waals surface area contributed by atoms with Gasteiger partial charge in [0.15, 0.2) is 5.69 Å². The van der Waals surface area contributed by atoms with Crippen LogP contribution in [-0.4, -0.2) is 39.7 Å². The predicted octanol–water partition coefficient (Wildman–Crippen LogP) is 3.27. The monoisotopic (exact) mass is 362 g/mol. The summed E-state index contributed by atoms with van der Waals surface area (Å²) in [7, 11) is 0. The highest BCUT2D eigenvalue weighted by molar-refractivity contribution is 5.92. The van der Waals surface area contributed by atoms with E-state index in [0.29, 0.717) is 18.2 Å². The Balaban J connectivity index is 0.00000225. The number of para-hydroxylation sites is 1. The number of hydrogen-bond donors (Lipinski definition) is 1. The van der Waals surface area contributed by atoms with Gasteiger partial charge in [0, 0.05) is 18.8 Å². The Labute approximate surface area is 155 Å². The van der Waals surface area contributed by atoms with Gasteiger partial charge in [0.25, 0.3) is 5.91 Å². The standard InChI is InChI=1S/C19H26N4O.ClH/c1-15-7-6-13-22(18(15)10-5-12-20)19(24)17-11-14-23(21-17)16-8-3-2-4-9-16;/h2-4,8-9,11,14-15,18H,5-7,10,12-13,20H2,1H3;1H. The lowest BCUT2D eigenvalue weighted by Crippen LogP contribution is -2.48. The highest BCUT2D eigenvalue weighted by Gasteiger charge is 2.32. The molecule has 1 aliphatic heterocycles. The summed E-state index contributed by atoms with van der Waals surface area (Å²) < 4.78 is 1.76. The van der Waals surface area contributed by atoms with E-state index in [9.17, 15) is 4.79 Å². The number of halogens is 1. The van der Waals surface area contributed by atoms with Crippen molar-refractivity contribution in [2.45, 2.75) is 38.6 Å². The number of likely N-dealkylation sites (tertiary alicyclic amines) is 1. The van der Waals surface area contributed by atoms with Crippen LogP contribution in [0.2, 0.25) is 0 Å². The summed E-state index contributed by atoms with van der Waals surface area (Å²) in [6, 6.07) is 12.0. The van der Waals surface area contributed by atoms with E-state index in [4.69, 9.17) is 5.73 Å². The number of nitrogens with two attached hydrogens (primary N) is 1. The molecular formula is C19H27ClN4O. The molecule has 2 N–H and O–H groups in total. The summed E-state index contributed by atoms with van der Waals surface area (Å²) in [4.78, 5) is 15.0. The lowest BCUT2D eigenvalue weighted by Gasteiger charge is -2.40. The van der Waals surface area contributed by atoms with Gasteiger partial charge in [-0.3, -0.25) is 4.79 Å². The van der Waals surface area contributed by atoms with Gasteiger partial charge in [-0.05, 0) is 56.3 Å². The van der Waals surface area contributed by atoms with Gasteiger partial charge < -0.3 is 10.6 Å². The first-order valence-electron chi connectivity index (χ1n) is 8.83. The van der Waals surface area contributed by atoms with E-state index in [0.717, 1.165) is 31.5 Å². The second-order valence-electron chi connectivity index (χ2n) is 6.60. The van der Waals surface area contributed by atoms with Crippen molar-refractivity contribution < 1.29 is 4.79 Å². The van der Waals surface area contributed by atoms with Crippen molar-refractivity contribution in [3.8, 4) is 5.69 Å². The second-order valence-corrected chi connectivity index (χ2v) is 6.60. The number of aromatic nitrogens is 2. The number of piperidine rings is 1. The van der Waals surface area contributed by atoms with E-state index in [2.05, 4.69) is 12.0 Å². The fraction of sp³-hybridized carbons (Fsp3) is 0.474. The highest BCUT2D eigenvalue weighted by Crippen LogP contribution is 2.27. The molecule has 1 saturated heterocycles. The minimum Gasteiger partial charge on any atom is -0.334 e. The summed E-state index contributed by atoms with van der Waals surface area (Å²) >= 11 is 0. The number of rotatable bonds is 5. The molecule has 6 heteroatoms. The Bertz CT molecular complexity index is 673. The van der Waals surface area contributed by atoms with Crippen LogP contribution < -0.4 is 5.73 Å². The molecule has 1 aromatic heterocycles. The molecule has 2 aromatic rings. The van der Waals surface area contributed by atoms with Crippen molar-refractivity contribution in [3.63, 3.8) is 0 Å². The number of carbonyl (C=O) groups excluding carboxylic acids is 1. The molecule has 0 radical (unpaired) electrons. The van der Waals surface area contributed by atoms with Gasteiger partial charge >= 0.3 is 0 Å². The molecule has 2 heterocycles. The van der Waals surface area contributed by atoms with Crippen LogP contribution in [0.5, 0.6) is 0 Å². The molecule has 0 bridgehead atoms. The van der Waals surface area contributed by atoms with Crippen LogP contribution in [0, 0.1) is 5.92 Å². The van der Waals surface area contributed by atoms with Crippen LogP contribution in [0.4, 0.5) is 0 Å². The molecule has 1 amide bonds. The van der Waals surface area contributed by atoms with E-state index in [-0.39, 0.29) is 24.4 Å². The van der Waals surface area contributed by atoms with Gasteiger partial charge in [0.05, 0.1) is 5.69 Å². The zero-order valence-electron chi connectivity index (χ0n) is 14.7. The van der Waals surface area contributed by atoms with Crippen LogP contribution in [-0.2, 0) is 0 Å². The maximum Gasteiger partial charge on any atom is 0.274 e. The second kappa shape index (κ2) is 9.02. The fourth-order valence-corrected chi connectivity index (χ4v) is 3.58. The Morgan fingerprint density at radius 1 is 1.28 bits per heavy atom. The van der Waals surface area contributed by atoms with Crippen LogP contribution >= 0.6 is 12.4 Å². The molecule has 2 unspecified atom stereocenters. The smallest absolute Gasteiger partial charge is 0.274 e. The normalized spacial score (nSPS) is 20.2. The molecule has 0 saturated carbocycles. The van der Waals surface area contributed by atoms with Crippen LogP contribution in [0.15, 0.2) is 42.6 Å². The van der Waals surface area contributed by atoms with E-state index < -0.39 is 0 Å². The minimum absolute atomic E-state index is 0. The van der Waals surface area contributed by atoms with Crippen LogP contribution in [0.3, 0.4) is 0 Å². The predicted molar refractivity (Wildman–Crippen MR) is 102 cm³/mol. The van der Waals surface area contributed by atoms with Crippen molar-refractivity contribution in [2.75, 3.05) is 13.1 Å². The fourth-order valence-electron chi connectivity index (χ4n) is 3.58. The third-order valence-electron chi connectivity index (χ3n) is 4.91. The van der Waals surface area contributed by atoms with E-state index in [1.807, 2.05) is 47.5 Å². The van der Waals surface area contributed by atoms with E-state index in [1.165, 1.54) is 6.42 Å². The highest BCUT2D eigenvalue weighted by atomic mass is 35.5. The maximum atomic E-state index is 13.0. The molecule has 25 heavy (non-hydrogen) atoms. The number of nitrogens with zero attached hydrogens (tertiary/aromatic N) is 3. The average Bonchev–Trinajstić information content (AvgIpc) is 3.11. The zero-order valence-corrected chi connectivity index (χ0v) is 15.5. The number of hydrogen-bond acceptors (Lipinski definition) is 3. The summed E-state index contributed by atoms with van der Waals surface area (Å²) in [6.45, 7) is 3.73. The largest absolute Gasteiger partial charge is 0.334 e. The van der Waals surface area contributed by atoms with Crippen molar-refractivity contribution in [1.29, 1.82) is 0 Å². The molecule has 1 aliphatic rings. The van der Waals surface area contributed by atoms with Crippen molar-refractivity contribution >= 4 is 18.3 Å². The Hall–Kier alpha value is -1.85. The summed E-state index contributed by atoms with van der Waals surface area (Å²) in [5.74, 6) is 0.559. The van der Waals surface area contributed by atoms with Gasteiger partial charge in [-0.15, -0.1) is 12.4 Å². The third kappa shape index (κ3) is 4.41. The number of carbonyl (C=O) groups is 1. The molecule has 1 fully saturated rings. The molecule has 0 spiro atoms. The van der Waals surface area contributed by atoms with Gasteiger partial charge in [-0.2, -0.15) is 5.10 Å². The summed E-state index contributed by atoms with van der Waals surface area (Å²) in [5, 5.41) is 4.50. The lowest BCUT2D eigenvalue weighted by atomic mass is 9.87. The van der Waals surface area contributed by atoms with Crippen molar-refractivity contribution in [2.24, 2.45) is 11.7 Å². The molecular weight excluding hydrogens is 336 g/mol. The van der Waals surface area contributed by atoms with Gasteiger partial charge in [-0.25, -0.2) is 4.68 Å². The topological polar surface area (TPSA) is 64.2 Å².